The summed E-state index contributed by atoms with van der Waals surface area (Å²) in [5.41, 5.74) is 2.83. The number of carbonyl (C=O) groups is 3. The molecule has 0 saturated carbocycles. The number of nitrogens with one attached hydrogen (secondary N) is 1. The van der Waals surface area contributed by atoms with Crippen LogP contribution in [-0.4, -0.2) is 28.7 Å². The van der Waals surface area contributed by atoms with Crippen LogP contribution in [0.25, 0.3) is 0 Å². The van der Waals surface area contributed by atoms with Gasteiger partial charge in [-0.25, -0.2) is 0 Å². The Morgan fingerprint density at radius 3 is 2.67 bits per heavy atom. The molecule has 0 bridgehead atoms. The first kappa shape index (κ1) is 13.8. The standard InChI is InChI=1S/C16H18N2O3/c1-9(2)10-3-4-12-11(7-10)8-18(16(12)21)13-5-6-14(19)17-15(13)20/h3-4,7,9,13H,5-6,8H2,1-2H3,(H,17,19,20)/t13-/m0/s1. The molecule has 3 amide bonds. The number of hydrogen-bond acceptors (Lipinski definition) is 3. The predicted molar refractivity (Wildman–Crippen MR) is 76.6 cm³/mol. The van der Waals surface area contributed by atoms with E-state index in [0.717, 1.165) is 5.56 Å². The summed E-state index contributed by atoms with van der Waals surface area (Å²) in [5, 5.41) is 2.31. The van der Waals surface area contributed by atoms with Crippen LogP contribution in [0.3, 0.4) is 0 Å². The molecule has 21 heavy (non-hydrogen) atoms. The molecule has 2 aliphatic heterocycles. The van der Waals surface area contributed by atoms with Crippen molar-refractivity contribution in [3.63, 3.8) is 0 Å². The largest absolute Gasteiger partial charge is 0.322 e. The molecule has 1 N–H and O–H groups in total. The molecule has 1 fully saturated rings. The van der Waals surface area contributed by atoms with Gasteiger partial charge in [0.2, 0.25) is 11.8 Å². The lowest BCUT2D eigenvalue weighted by molar-refractivity contribution is -0.136. The molecule has 1 aromatic carbocycles. The van der Waals surface area contributed by atoms with Gasteiger partial charge < -0.3 is 4.90 Å². The summed E-state index contributed by atoms with van der Waals surface area (Å²) in [6.45, 7) is 4.66. The Bertz CT molecular complexity index is 636. The van der Waals surface area contributed by atoms with Crippen LogP contribution in [0.5, 0.6) is 0 Å². The molecule has 2 aliphatic rings. The molecule has 1 atom stereocenters. The van der Waals surface area contributed by atoms with Crippen molar-refractivity contribution in [1.29, 1.82) is 0 Å². The molecule has 0 aliphatic carbocycles. The highest BCUT2D eigenvalue weighted by molar-refractivity contribution is 6.05. The number of hydrogen-bond donors (Lipinski definition) is 1. The van der Waals surface area contributed by atoms with Crippen molar-refractivity contribution in [1.82, 2.24) is 10.2 Å². The molecular formula is C16H18N2O3. The molecule has 1 aromatic rings. The summed E-state index contributed by atoms with van der Waals surface area (Å²) < 4.78 is 0. The summed E-state index contributed by atoms with van der Waals surface area (Å²) in [6, 6.07) is 5.32. The van der Waals surface area contributed by atoms with E-state index in [2.05, 4.69) is 19.2 Å². The number of imide groups is 1. The predicted octanol–water partition coefficient (Wildman–Crippen LogP) is 1.57. The normalized spacial score (nSPS) is 21.8. The average molecular weight is 286 g/mol. The van der Waals surface area contributed by atoms with Crippen molar-refractivity contribution in [2.75, 3.05) is 0 Å². The van der Waals surface area contributed by atoms with Crippen molar-refractivity contribution in [2.45, 2.75) is 45.2 Å². The van der Waals surface area contributed by atoms with Crippen LogP contribution in [-0.2, 0) is 16.1 Å². The molecule has 2 heterocycles. The van der Waals surface area contributed by atoms with E-state index in [0.29, 0.717) is 24.4 Å². The summed E-state index contributed by atoms with van der Waals surface area (Å²) in [5.74, 6) is -0.344. The highest BCUT2D eigenvalue weighted by Crippen LogP contribution is 2.29. The first-order valence-electron chi connectivity index (χ1n) is 7.25. The fourth-order valence-corrected chi connectivity index (χ4v) is 2.95. The summed E-state index contributed by atoms with van der Waals surface area (Å²) in [6.07, 6.45) is 0.690. The van der Waals surface area contributed by atoms with Gasteiger partial charge in [-0.1, -0.05) is 26.0 Å². The van der Waals surface area contributed by atoms with Crippen LogP contribution in [0.15, 0.2) is 18.2 Å². The summed E-state index contributed by atoms with van der Waals surface area (Å²) in [7, 11) is 0. The summed E-state index contributed by atoms with van der Waals surface area (Å²) in [4.78, 5) is 37.2. The zero-order valence-corrected chi connectivity index (χ0v) is 12.2. The van der Waals surface area contributed by atoms with Crippen molar-refractivity contribution in [3.8, 4) is 0 Å². The third-order valence-electron chi connectivity index (χ3n) is 4.21. The molecular weight excluding hydrogens is 268 g/mol. The van der Waals surface area contributed by atoms with E-state index >= 15 is 0 Å². The number of benzene rings is 1. The smallest absolute Gasteiger partial charge is 0.255 e. The Morgan fingerprint density at radius 1 is 1.24 bits per heavy atom. The maximum absolute atomic E-state index is 12.5. The van der Waals surface area contributed by atoms with Gasteiger partial charge in [0.25, 0.3) is 5.91 Å². The average Bonchev–Trinajstić information content (AvgIpc) is 2.75. The van der Waals surface area contributed by atoms with E-state index in [1.807, 2.05) is 18.2 Å². The number of amides is 3. The molecule has 110 valence electrons. The van der Waals surface area contributed by atoms with E-state index in [9.17, 15) is 14.4 Å². The maximum Gasteiger partial charge on any atom is 0.255 e. The molecule has 1 saturated heterocycles. The van der Waals surface area contributed by atoms with Gasteiger partial charge in [0.1, 0.15) is 6.04 Å². The second-order valence-electron chi connectivity index (χ2n) is 5.97. The zero-order chi connectivity index (χ0) is 15.1. The van der Waals surface area contributed by atoms with Crippen molar-refractivity contribution < 1.29 is 14.4 Å². The van der Waals surface area contributed by atoms with Crippen LogP contribution in [0.4, 0.5) is 0 Å². The Hall–Kier alpha value is -2.17. The molecule has 3 rings (SSSR count). The monoisotopic (exact) mass is 286 g/mol. The Morgan fingerprint density at radius 2 is 2.00 bits per heavy atom. The van der Waals surface area contributed by atoms with E-state index in [1.54, 1.807) is 4.90 Å². The number of rotatable bonds is 2. The van der Waals surface area contributed by atoms with Crippen molar-refractivity contribution >= 4 is 17.7 Å². The Balaban J connectivity index is 1.86. The minimum atomic E-state index is -0.537. The highest BCUT2D eigenvalue weighted by Gasteiger charge is 2.39. The topological polar surface area (TPSA) is 66.5 Å². The minimum absolute atomic E-state index is 0.116. The molecule has 5 heteroatoms. The van der Waals surface area contributed by atoms with Gasteiger partial charge in [-0.3, -0.25) is 19.7 Å². The van der Waals surface area contributed by atoms with Crippen LogP contribution in [0.1, 0.15) is 54.1 Å². The maximum atomic E-state index is 12.5. The lowest BCUT2D eigenvalue weighted by Crippen LogP contribution is -2.52. The third-order valence-corrected chi connectivity index (χ3v) is 4.21. The van der Waals surface area contributed by atoms with Crippen molar-refractivity contribution in [2.24, 2.45) is 0 Å². The number of carbonyl (C=O) groups excluding carboxylic acids is 3. The quantitative estimate of drug-likeness (QED) is 0.839. The second kappa shape index (κ2) is 4.98. The molecule has 0 spiro atoms. The third kappa shape index (κ3) is 2.33. The van der Waals surface area contributed by atoms with Crippen LogP contribution in [0.2, 0.25) is 0 Å². The Kier molecular flexibility index (Phi) is 3.27. The van der Waals surface area contributed by atoms with Crippen LogP contribution >= 0.6 is 0 Å². The number of piperidine rings is 1. The first-order chi connectivity index (χ1) is 9.97. The summed E-state index contributed by atoms with van der Waals surface area (Å²) >= 11 is 0. The lowest BCUT2D eigenvalue weighted by atomic mass is 9.98. The van der Waals surface area contributed by atoms with Gasteiger partial charge in [-0.15, -0.1) is 0 Å². The van der Waals surface area contributed by atoms with E-state index < -0.39 is 6.04 Å². The van der Waals surface area contributed by atoms with Gasteiger partial charge in [0.15, 0.2) is 0 Å². The van der Waals surface area contributed by atoms with Gasteiger partial charge >= 0.3 is 0 Å². The number of nitrogens with zero attached hydrogens (tertiary/aromatic N) is 1. The SMILES string of the molecule is CC(C)c1ccc2c(c1)CN([C@H]1CCC(=O)NC1=O)C2=O. The first-order valence-corrected chi connectivity index (χ1v) is 7.25. The van der Waals surface area contributed by atoms with Gasteiger partial charge in [-0.2, -0.15) is 0 Å². The number of fused-ring (bicyclic) bond motifs is 1. The molecule has 0 aromatic heterocycles. The zero-order valence-electron chi connectivity index (χ0n) is 12.2. The molecule has 0 unspecified atom stereocenters. The Labute approximate surface area is 123 Å². The van der Waals surface area contributed by atoms with E-state index in [1.165, 1.54) is 5.56 Å². The van der Waals surface area contributed by atoms with Crippen LogP contribution < -0.4 is 5.32 Å². The molecule has 5 nitrogen and oxygen atoms in total. The minimum Gasteiger partial charge on any atom is -0.322 e. The lowest BCUT2D eigenvalue weighted by Gasteiger charge is -2.29. The van der Waals surface area contributed by atoms with E-state index in [4.69, 9.17) is 0 Å². The highest BCUT2D eigenvalue weighted by atomic mass is 16.2. The van der Waals surface area contributed by atoms with Crippen molar-refractivity contribution in [3.05, 3.63) is 34.9 Å². The van der Waals surface area contributed by atoms with Crippen LogP contribution in [0, 0.1) is 0 Å². The second-order valence-corrected chi connectivity index (χ2v) is 5.97. The van der Waals surface area contributed by atoms with Gasteiger partial charge in [-0.05, 0) is 29.5 Å². The fraction of sp³-hybridized carbons (Fsp3) is 0.438. The molecule has 0 radical (unpaired) electrons. The van der Waals surface area contributed by atoms with E-state index in [-0.39, 0.29) is 24.1 Å². The van der Waals surface area contributed by atoms with Gasteiger partial charge in [0, 0.05) is 18.5 Å². The fourth-order valence-electron chi connectivity index (χ4n) is 2.95. The van der Waals surface area contributed by atoms with Gasteiger partial charge in [0.05, 0.1) is 0 Å².